The highest BCUT2D eigenvalue weighted by Gasteiger charge is 2.49. The number of halogens is 2. The zero-order valence-corrected chi connectivity index (χ0v) is 18.0. The monoisotopic (exact) mass is 432 g/mol. The summed E-state index contributed by atoms with van der Waals surface area (Å²) in [6.07, 6.45) is -0.577. The third kappa shape index (κ3) is 4.09. The molecule has 2 aromatic rings. The molecule has 0 radical (unpaired) electrons. The Bertz CT molecular complexity index is 974. The fourth-order valence-corrected chi connectivity index (χ4v) is 4.40. The van der Waals surface area contributed by atoms with E-state index in [1.54, 1.807) is 23.1 Å². The number of hydrogen-bond donors (Lipinski definition) is 0. The molecule has 2 saturated heterocycles. The maximum Gasteiger partial charge on any atom is 0.254 e. The van der Waals surface area contributed by atoms with Gasteiger partial charge >= 0.3 is 0 Å². The zero-order chi connectivity index (χ0) is 22.3. The molecule has 166 valence electrons. The lowest BCUT2D eigenvalue weighted by Crippen LogP contribution is -2.59. The van der Waals surface area contributed by atoms with Crippen molar-refractivity contribution in [1.82, 2.24) is 9.80 Å². The van der Waals surface area contributed by atoms with Crippen LogP contribution in [0, 0.1) is 11.6 Å². The van der Waals surface area contributed by atoms with E-state index in [-0.39, 0.29) is 47.5 Å². The van der Waals surface area contributed by atoms with Gasteiger partial charge in [0, 0.05) is 42.4 Å². The number of piperazine rings is 1. The number of ether oxygens (including phenoxy) is 3. The summed E-state index contributed by atoms with van der Waals surface area (Å²) in [5.41, 5.74) is 0.782. The number of hydrogen-bond acceptors (Lipinski definition) is 5. The lowest BCUT2D eigenvalue weighted by molar-refractivity contribution is 0.0154. The van der Waals surface area contributed by atoms with Gasteiger partial charge in [0.05, 0.1) is 14.2 Å². The van der Waals surface area contributed by atoms with Crippen LogP contribution in [0.3, 0.4) is 0 Å². The van der Waals surface area contributed by atoms with Gasteiger partial charge in [-0.3, -0.25) is 9.69 Å². The van der Waals surface area contributed by atoms with Crippen molar-refractivity contribution in [2.75, 3.05) is 27.3 Å². The predicted octanol–water partition coefficient (Wildman–Crippen LogP) is 3.61. The van der Waals surface area contributed by atoms with Gasteiger partial charge in [-0.05, 0) is 44.2 Å². The van der Waals surface area contributed by atoms with Crippen molar-refractivity contribution in [3.8, 4) is 11.5 Å². The van der Waals surface area contributed by atoms with Crippen molar-refractivity contribution in [3.63, 3.8) is 0 Å². The molecular weight excluding hydrogens is 406 g/mol. The Hall–Kier alpha value is -2.71. The van der Waals surface area contributed by atoms with E-state index >= 15 is 0 Å². The van der Waals surface area contributed by atoms with Gasteiger partial charge in [-0.15, -0.1) is 0 Å². The average molecular weight is 432 g/mol. The third-order valence-electron chi connectivity index (χ3n) is 5.92. The van der Waals surface area contributed by atoms with E-state index in [0.29, 0.717) is 24.4 Å². The number of benzene rings is 2. The highest BCUT2D eigenvalue weighted by Crippen LogP contribution is 2.43. The van der Waals surface area contributed by atoms with Gasteiger partial charge in [-0.2, -0.15) is 0 Å². The van der Waals surface area contributed by atoms with Crippen molar-refractivity contribution in [2.24, 2.45) is 0 Å². The summed E-state index contributed by atoms with van der Waals surface area (Å²) in [6, 6.07) is 8.75. The molecule has 2 aromatic carbocycles. The van der Waals surface area contributed by atoms with E-state index < -0.39 is 5.82 Å². The molecule has 0 aromatic heterocycles. The Morgan fingerprint density at radius 3 is 2.29 bits per heavy atom. The number of nitrogens with zero attached hydrogens (tertiary/aromatic N) is 2. The average Bonchev–Trinajstić information content (AvgIpc) is 3.53. The quantitative estimate of drug-likeness (QED) is 0.676. The molecule has 0 aliphatic carbocycles. The van der Waals surface area contributed by atoms with Gasteiger partial charge in [0.25, 0.3) is 5.91 Å². The predicted molar refractivity (Wildman–Crippen MR) is 110 cm³/mol. The molecule has 1 amide bonds. The van der Waals surface area contributed by atoms with Crippen LogP contribution in [0.1, 0.15) is 35.9 Å². The Morgan fingerprint density at radius 1 is 1.00 bits per heavy atom. The zero-order valence-electron chi connectivity index (χ0n) is 18.0. The minimum atomic E-state index is -0.567. The van der Waals surface area contributed by atoms with Crippen LogP contribution in [0.25, 0.3) is 0 Å². The summed E-state index contributed by atoms with van der Waals surface area (Å²) in [5.74, 6) is -0.588. The van der Waals surface area contributed by atoms with Crippen LogP contribution >= 0.6 is 0 Å². The summed E-state index contributed by atoms with van der Waals surface area (Å²) in [6.45, 7) is 5.05. The molecule has 8 heteroatoms. The van der Waals surface area contributed by atoms with Crippen LogP contribution in [0.2, 0.25) is 0 Å². The van der Waals surface area contributed by atoms with E-state index in [1.165, 1.54) is 32.4 Å². The van der Waals surface area contributed by atoms with E-state index in [2.05, 4.69) is 4.90 Å². The second-order valence-electron chi connectivity index (χ2n) is 8.05. The van der Waals surface area contributed by atoms with E-state index in [0.717, 1.165) is 0 Å². The molecule has 2 unspecified atom stereocenters. The van der Waals surface area contributed by atoms with Crippen molar-refractivity contribution in [3.05, 3.63) is 59.2 Å². The summed E-state index contributed by atoms with van der Waals surface area (Å²) >= 11 is 0. The van der Waals surface area contributed by atoms with Gasteiger partial charge in [0.2, 0.25) is 0 Å². The van der Waals surface area contributed by atoms with Crippen LogP contribution in [-0.2, 0) is 4.74 Å². The van der Waals surface area contributed by atoms with Gasteiger partial charge in [-0.1, -0.05) is 0 Å². The highest BCUT2D eigenvalue weighted by atomic mass is 19.1. The molecule has 2 aliphatic rings. The normalized spacial score (nSPS) is 25.9. The minimum absolute atomic E-state index is 0.102. The number of carbonyl (C=O) groups excluding carboxylic acids is 1. The third-order valence-corrected chi connectivity index (χ3v) is 5.92. The van der Waals surface area contributed by atoms with Crippen LogP contribution in [-0.4, -0.2) is 61.3 Å². The fourth-order valence-electron chi connectivity index (χ4n) is 4.40. The number of carbonyl (C=O) groups is 1. The van der Waals surface area contributed by atoms with Gasteiger partial charge < -0.3 is 19.1 Å². The molecule has 31 heavy (non-hydrogen) atoms. The SMILES string of the molecule is COc1ccc(C2OC2N2C[C@@H](C)N(C(=O)c3ccc(OC)c(F)c3)[C@H](C)C2)c(F)c1. The molecule has 0 spiro atoms. The molecule has 2 aliphatic heterocycles. The maximum absolute atomic E-state index is 14.4. The first-order valence-corrected chi connectivity index (χ1v) is 10.2. The number of rotatable bonds is 5. The van der Waals surface area contributed by atoms with Crippen LogP contribution < -0.4 is 9.47 Å². The Labute approximate surface area is 180 Å². The molecule has 2 heterocycles. The molecule has 0 N–H and O–H groups in total. The second-order valence-corrected chi connectivity index (χ2v) is 8.05. The topological polar surface area (TPSA) is 54.5 Å². The number of epoxide rings is 1. The summed E-state index contributed by atoms with van der Waals surface area (Å²) < 4.78 is 44.2. The fraction of sp³-hybridized carbons (Fsp3) is 0.435. The van der Waals surface area contributed by atoms with Crippen LogP contribution in [0.5, 0.6) is 11.5 Å². The molecular formula is C23H26F2N2O4. The maximum atomic E-state index is 14.4. The molecule has 0 bridgehead atoms. The van der Waals surface area contributed by atoms with Gasteiger partial charge in [0.1, 0.15) is 23.9 Å². The van der Waals surface area contributed by atoms with Crippen molar-refractivity contribution in [1.29, 1.82) is 0 Å². The van der Waals surface area contributed by atoms with Crippen molar-refractivity contribution < 1.29 is 27.8 Å². The van der Waals surface area contributed by atoms with Crippen molar-refractivity contribution >= 4 is 5.91 Å². The first-order chi connectivity index (χ1) is 14.8. The minimum Gasteiger partial charge on any atom is -0.497 e. The Morgan fingerprint density at radius 2 is 1.71 bits per heavy atom. The number of amides is 1. The first-order valence-electron chi connectivity index (χ1n) is 10.2. The molecule has 2 fully saturated rings. The summed E-state index contributed by atoms with van der Waals surface area (Å²) in [4.78, 5) is 17.0. The van der Waals surface area contributed by atoms with Gasteiger partial charge in [-0.25, -0.2) is 8.78 Å². The second kappa shape index (κ2) is 8.43. The first kappa shape index (κ1) is 21.5. The summed E-state index contributed by atoms with van der Waals surface area (Å²) in [7, 11) is 2.88. The van der Waals surface area contributed by atoms with E-state index in [1.807, 2.05) is 13.8 Å². The van der Waals surface area contributed by atoms with Crippen LogP contribution in [0.15, 0.2) is 36.4 Å². The molecule has 4 rings (SSSR count). The van der Waals surface area contributed by atoms with Crippen molar-refractivity contribution in [2.45, 2.75) is 38.3 Å². The molecule has 4 atom stereocenters. The standard InChI is InChI=1S/C23H26F2N2O4/c1-13-11-26(23-21(31-23)17-7-6-16(29-3)10-18(17)24)12-14(2)27(13)22(28)15-5-8-20(30-4)19(25)9-15/h5-10,13-14,21,23H,11-12H2,1-4H3/t13-,14-,21?,23?/m1/s1. The van der Waals surface area contributed by atoms with Crippen LogP contribution in [0.4, 0.5) is 8.78 Å². The van der Waals surface area contributed by atoms with E-state index in [4.69, 9.17) is 14.2 Å². The Kier molecular flexibility index (Phi) is 5.85. The molecule has 0 saturated carbocycles. The lowest BCUT2D eigenvalue weighted by Gasteiger charge is -2.44. The largest absolute Gasteiger partial charge is 0.497 e. The smallest absolute Gasteiger partial charge is 0.254 e. The Balaban J connectivity index is 1.44. The number of methoxy groups -OCH3 is 2. The molecule has 6 nitrogen and oxygen atoms in total. The highest BCUT2D eigenvalue weighted by molar-refractivity contribution is 5.95. The van der Waals surface area contributed by atoms with E-state index in [9.17, 15) is 13.6 Å². The van der Waals surface area contributed by atoms with Gasteiger partial charge in [0.15, 0.2) is 11.6 Å². The lowest BCUT2D eigenvalue weighted by atomic mass is 10.0. The summed E-state index contributed by atoms with van der Waals surface area (Å²) in [5, 5.41) is 0.